The molecule has 3 heteroatoms. The van der Waals surface area contributed by atoms with Gasteiger partial charge in [0.05, 0.1) is 5.69 Å². The number of halogens is 1. The van der Waals surface area contributed by atoms with Gasteiger partial charge in [0.1, 0.15) is 0 Å². The van der Waals surface area contributed by atoms with Gasteiger partial charge in [0, 0.05) is 21.7 Å². The minimum absolute atomic E-state index is 0.753. The molecule has 0 spiro atoms. The smallest absolute Gasteiger partial charge is 0.0522 e. The van der Waals surface area contributed by atoms with Gasteiger partial charge in [0.15, 0.2) is 0 Å². The number of hydrogen-bond acceptors (Lipinski definition) is 2. The molecule has 0 atom stereocenters. The Morgan fingerprint density at radius 2 is 1.43 bits per heavy atom. The fourth-order valence-electron chi connectivity index (χ4n) is 2.65. The molecule has 1 aliphatic rings. The normalized spacial score (nSPS) is 13.4. The highest BCUT2D eigenvalue weighted by molar-refractivity contribution is 8.01. The van der Waals surface area contributed by atoms with Crippen molar-refractivity contribution in [3.8, 4) is 0 Å². The molecule has 3 aromatic rings. The molecule has 0 unspecified atom stereocenters. The molecule has 0 bridgehead atoms. The molecular formula is C20H14ClNS. The van der Waals surface area contributed by atoms with Crippen molar-refractivity contribution in [2.45, 2.75) is 4.90 Å². The quantitative estimate of drug-likeness (QED) is 0.509. The maximum absolute atomic E-state index is 6.02. The first kappa shape index (κ1) is 14.4. The summed E-state index contributed by atoms with van der Waals surface area (Å²) in [6, 6.07) is 27.0. The second-order valence-corrected chi connectivity index (χ2v) is 6.75. The van der Waals surface area contributed by atoms with Crippen LogP contribution in [0.3, 0.4) is 0 Å². The van der Waals surface area contributed by atoms with Crippen molar-refractivity contribution in [2.75, 3.05) is 4.31 Å². The van der Waals surface area contributed by atoms with Gasteiger partial charge >= 0.3 is 0 Å². The highest BCUT2D eigenvalue weighted by atomic mass is 35.5. The maximum Gasteiger partial charge on any atom is 0.0522 e. The average molecular weight is 336 g/mol. The summed E-state index contributed by atoms with van der Waals surface area (Å²) < 4.78 is 2.20. The lowest BCUT2D eigenvalue weighted by atomic mass is 9.98. The summed E-state index contributed by atoms with van der Waals surface area (Å²) in [6.07, 6.45) is 2.20. The van der Waals surface area contributed by atoms with Crippen LogP contribution in [0.5, 0.6) is 0 Å². The van der Waals surface area contributed by atoms with Gasteiger partial charge in [-0.2, -0.15) is 0 Å². The van der Waals surface area contributed by atoms with Crippen LogP contribution in [-0.4, -0.2) is 0 Å². The van der Waals surface area contributed by atoms with Crippen LogP contribution in [0.4, 0.5) is 5.69 Å². The predicted molar refractivity (Wildman–Crippen MR) is 99.8 cm³/mol. The van der Waals surface area contributed by atoms with E-state index < -0.39 is 0 Å². The first-order valence-electron chi connectivity index (χ1n) is 7.41. The first-order chi connectivity index (χ1) is 11.3. The van der Waals surface area contributed by atoms with E-state index in [0.29, 0.717) is 0 Å². The molecule has 0 amide bonds. The number of fused-ring (bicyclic) bond motifs is 1. The summed E-state index contributed by atoms with van der Waals surface area (Å²) in [5.41, 5.74) is 4.84. The number of anilines is 1. The van der Waals surface area contributed by atoms with Gasteiger partial charge in [0.2, 0.25) is 0 Å². The molecule has 0 saturated heterocycles. The third-order valence-corrected chi connectivity index (χ3v) is 5.10. The Bertz CT molecular complexity index is 856. The lowest BCUT2D eigenvalue weighted by Crippen LogP contribution is -2.12. The fraction of sp³-hybridized carbons (Fsp3) is 0. The van der Waals surface area contributed by atoms with Crippen LogP contribution in [0.25, 0.3) is 5.57 Å². The van der Waals surface area contributed by atoms with Gasteiger partial charge in [-0.25, -0.2) is 0 Å². The van der Waals surface area contributed by atoms with Crippen molar-refractivity contribution >= 4 is 34.8 Å². The van der Waals surface area contributed by atoms with Gasteiger partial charge < -0.3 is 0 Å². The minimum atomic E-state index is 0.753. The topological polar surface area (TPSA) is 3.24 Å². The van der Waals surface area contributed by atoms with Crippen molar-refractivity contribution in [3.63, 3.8) is 0 Å². The summed E-state index contributed by atoms with van der Waals surface area (Å²) in [7, 11) is 0. The minimum Gasteiger partial charge on any atom is -0.287 e. The second kappa shape index (κ2) is 6.15. The summed E-state index contributed by atoms with van der Waals surface area (Å²) in [6.45, 7) is 0. The third kappa shape index (κ3) is 2.88. The van der Waals surface area contributed by atoms with Gasteiger partial charge in [-0.15, -0.1) is 0 Å². The van der Waals surface area contributed by atoms with E-state index in [9.17, 15) is 0 Å². The van der Waals surface area contributed by atoms with Gasteiger partial charge in [-0.05, 0) is 53.4 Å². The lowest BCUT2D eigenvalue weighted by molar-refractivity contribution is 1.31. The number of rotatable bonds is 2. The Morgan fingerprint density at radius 1 is 0.739 bits per heavy atom. The van der Waals surface area contributed by atoms with Crippen LogP contribution < -0.4 is 4.31 Å². The zero-order valence-corrected chi connectivity index (χ0v) is 13.9. The molecule has 0 aliphatic carbocycles. The molecule has 0 fully saturated rings. The SMILES string of the molecule is Clc1ccc(N2C=C(c3ccccc3)c3ccccc3S2)cc1. The van der Waals surface area contributed by atoms with E-state index in [1.165, 1.54) is 21.6 Å². The molecule has 1 heterocycles. The molecule has 1 nitrogen and oxygen atoms in total. The van der Waals surface area contributed by atoms with Gasteiger partial charge in [0.25, 0.3) is 0 Å². The molecule has 0 saturated carbocycles. The fourth-order valence-corrected chi connectivity index (χ4v) is 3.79. The Labute approximate surface area is 145 Å². The third-order valence-electron chi connectivity index (χ3n) is 3.79. The highest BCUT2D eigenvalue weighted by Gasteiger charge is 2.20. The van der Waals surface area contributed by atoms with Gasteiger partial charge in [-0.3, -0.25) is 4.31 Å². The molecule has 0 aromatic heterocycles. The van der Waals surface area contributed by atoms with Crippen LogP contribution >= 0.6 is 23.5 Å². The monoisotopic (exact) mass is 335 g/mol. The van der Waals surface area contributed by atoms with Crippen LogP contribution in [0, 0.1) is 0 Å². The molecular weight excluding hydrogens is 322 g/mol. The second-order valence-electron chi connectivity index (χ2n) is 5.30. The van der Waals surface area contributed by atoms with Crippen LogP contribution in [-0.2, 0) is 0 Å². The van der Waals surface area contributed by atoms with Crippen molar-refractivity contribution in [1.82, 2.24) is 0 Å². The summed E-state index contributed by atoms with van der Waals surface area (Å²) in [4.78, 5) is 1.25. The maximum atomic E-state index is 6.02. The molecule has 4 rings (SSSR count). The van der Waals surface area contributed by atoms with Crippen molar-refractivity contribution in [2.24, 2.45) is 0 Å². The van der Waals surface area contributed by atoms with Crippen molar-refractivity contribution in [3.05, 3.63) is 101 Å². The highest BCUT2D eigenvalue weighted by Crippen LogP contribution is 2.41. The number of nitrogens with zero attached hydrogens (tertiary/aromatic N) is 1. The van der Waals surface area contributed by atoms with E-state index in [1.54, 1.807) is 11.9 Å². The Morgan fingerprint density at radius 3 is 2.22 bits per heavy atom. The summed E-state index contributed by atoms with van der Waals surface area (Å²) in [5.74, 6) is 0. The molecule has 0 N–H and O–H groups in total. The Kier molecular flexibility index (Phi) is 3.86. The van der Waals surface area contributed by atoms with E-state index in [4.69, 9.17) is 11.6 Å². The first-order valence-corrected chi connectivity index (χ1v) is 8.56. The Balaban J connectivity index is 1.84. The molecule has 3 aromatic carbocycles. The number of benzene rings is 3. The summed E-state index contributed by atoms with van der Waals surface area (Å²) in [5, 5.41) is 0.753. The van der Waals surface area contributed by atoms with Crippen LogP contribution in [0.15, 0.2) is 90.0 Å². The van der Waals surface area contributed by atoms with E-state index in [-0.39, 0.29) is 0 Å². The molecule has 1 aliphatic heterocycles. The Hall–Kier alpha value is -2.16. The zero-order chi connectivity index (χ0) is 15.6. The van der Waals surface area contributed by atoms with Crippen LogP contribution in [0.1, 0.15) is 11.1 Å². The molecule has 112 valence electrons. The van der Waals surface area contributed by atoms with E-state index >= 15 is 0 Å². The van der Waals surface area contributed by atoms with E-state index in [0.717, 1.165) is 10.7 Å². The molecule has 0 radical (unpaired) electrons. The number of hydrogen-bond donors (Lipinski definition) is 0. The largest absolute Gasteiger partial charge is 0.287 e. The standard InChI is InChI=1S/C20H14ClNS/c21-16-10-12-17(13-11-16)22-14-19(15-6-2-1-3-7-15)18-8-4-5-9-20(18)23-22/h1-14H. The zero-order valence-electron chi connectivity index (χ0n) is 12.3. The summed E-state index contributed by atoms with van der Waals surface area (Å²) >= 11 is 7.74. The molecule has 23 heavy (non-hydrogen) atoms. The van der Waals surface area contributed by atoms with Crippen LogP contribution in [0.2, 0.25) is 5.02 Å². The van der Waals surface area contributed by atoms with E-state index in [2.05, 4.69) is 59.0 Å². The predicted octanol–water partition coefficient (Wildman–Crippen LogP) is 6.26. The van der Waals surface area contributed by atoms with Gasteiger partial charge in [-0.1, -0.05) is 60.1 Å². The van der Waals surface area contributed by atoms with Crippen molar-refractivity contribution in [1.29, 1.82) is 0 Å². The van der Waals surface area contributed by atoms with Crippen molar-refractivity contribution < 1.29 is 0 Å². The lowest BCUT2D eigenvalue weighted by Gasteiger charge is -2.27. The average Bonchev–Trinajstić information content (AvgIpc) is 2.62. The van der Waals surface area contributed by atoms with E-state index in [1.807, 2.05) is 30.3 Å².